The molecule has 1 rings (SSSR count). The highest BCUT2D eigenvalue weighted by molar-refractivity contribution is 6.39. The van der Waals surface area contributed by atoms with Crippen LogP contribution in [0.3, 0.4) is 0 Å². The molecular formula is C14H13Cl2FN2O4. The Hall–Kier alpha value is -2.12. The van der Waals surface area contributed by atoms with Gasteiger partial charge in [0.25, 0.3) is 0 Å². The van der Waals surface area contributed by atoms with E-state index in [1.165, 1.54) is 7.05 Å². The predicted octanol–water partition coefficient (Wildman–Crippen LogP) is 2.36. The summed E-state index contributed by atoms with van der Waals surface area (Å²) >= 11 is 11.4. The number of rotatable bonds is 7. The summed E-state index contributed by atoms with van der Waals surface area (Å²) in [5.41, 5.74) is 1.67. The lowest BCUT2D eigenvalue weighted by Gasteiger charge is -2.12. The molecule has 0 aromatic heterocycles. The number of hydrazine groups is 1. The average molecular weight is 363 g/mol. The van der Waals surface area contributed by atoms with Gasteiger partial charge in [-0.2, -0.15) is 0 Å². The molecule has 0 aliphatic heterocycles. The first-order valence-corrected chi connectivity index (χ1v) is 7.08. The number of hydrogen-bond donors (Lipinski definition) is 1. The molecule has 0 unspecified atom stereocenters. The van der Waals surface area contributed by atoms with Crippen LogP contribution in [0.4, 0.5) is 4.39 Å². The topological polar surface area (TPSA) is 75.7 Å². The third-order valence-electron chi connectivity index (χ3n) is 2.57. The third kappa shape index (κ3) is 4.94. The molecule has 1 aromatic rings. The molecule has 0 atom stereocenters. The second-order valence-electron chi connectivity index (χ2n) is 4.20. The Labute approximate surface area is 141 Å². The monoisotopic (exact) mass is 362 g/mol. The molecule has 9 heteroatoms. The summed E-state index contributed by atoms with van der Waals surface area (Å²) in [6.07, 6.45) is 1.39. The van der Waals surface area contributed by atoms with Crippen molar-refractivity contribution in [3.8, 4) is 0 Å². The number of esters is 1. The van der Waals surface area contributed by atoms with Crippen LogP contribution in [0.15, 0.2) is 23.9 Å². The molecule has 0 spiro atoms. The van der Waals surface area contributed by atoms with Crippen molar-refractivity contribution in [1.82, 2.24) is 10.4 Å². The molecule has 0 bridgehead atoms. The molecule has 0 saturated heterocycles. The molecule has 0 aliphatic carbocycles. The first kappa shape index (κ1) is 18.9. The Morgan fingerprint density at radius 3 is 2.57 bits per heavy atom. The van der Waals surface area contributed by atoms with Crippen LogP contribution in [0.2, 0.25) is 10.0 Å². The van der Waals surface area contributed by atoms with Gasteiger partial charge in [0.15, 0.2) is 0 Å². The molecule has 0 radical (unpaired) electrons. The van der Waals surface area contributed by atoms with E-state index in [9.17, 15) is 18.8 Å². The summed E-state index contributed by atoms with van der Waals surface area (Å²) in [5.74, 6) is -2.69. The van der Waals surface area contributed by atoms with E-state index in [0.717, 1.165) is 23.3 Å². The largest absolute Gasteiger partial charge is 0.462 e. The second-order valence-corrected chi connectivity index (χ2v) is 5.01. The third-order valence-corrected chi connectivity index (χ3v) is 3.17. The van der Waals surface area contributed by atoms with Gasteiger partial charge < -0.3 is 10.2 Å². The molecule has 6 nitrogen and oxygen atoms in total. The van der Waals surface area contributed by atoms with Crippen molar-refractivity contribution in [3.05, 3.63) is 45.3 Å². The maximum absolute atomic E-state index is 13.6. The zero-order valence-corrected chi connectivity index (χ0v) is 13.7. The molecule has 0 saturated carbocycles. The Balaban J connectivity index is 3.25. The zero-order chi connectivity index (χ0) is 17.6. The van der Waals surface area contributed by atoms with Gasteiger partial charge in [-0.25, -0.2) is 9.18 Å². The SMILES string of the molecule is CCOC(=O)C(=CNN(C)C=O)C(=O)c1cc(F)c(Cl)cc1Cl. The summed E-state index contributed by atoms with van der Waals surface area (Å²) in [4.78, 5) is 34.9. The highest BCUT2D eigenvalue weighted by atomic mass is 35.5. The van der Waals surface area contributed by atoms with E-state index in [2.05, 4.69) is 5.43 Å². The number of carbonyl (C=O) groups is 3. The number of benzene rings is 1. The number of carbonyl (C=O) groups excluding carboxylic acids is 3. The van der Waals surface area contributed by atoms with Crippen LogP contribution in [-0.2, 0) is 14.3 Å². The predicted molar refractivity (Wildman–Crippen MR) is 82.4 cm³/mol. The van der Waals surface area contributed by atoms with Crippen LogP contribution in [0.1, 0.15) is 17.3 Å². The van der Waals surface area contributed by atoms with Gasteiger partial charge in [0.1, 0.15) is 11.4 Å². The maximum Gasteiger partial charge on any atom is 0.343 e. The Morgan fingerprint density at radius 1 is 1.35 bits per heavy atom. The molecule has 1 aromatic carbocycles. The van der Waals surface area contributed by atoms with Gasteiger partial charge in [0.05, 0.1) is 16.7 Å². The smallest absolute Gasteiger partial charge is 0.343 e. The number of ether oxygens (including phenoxy) is 1. The summed E-state index contributed by atoms with van der Waals surface area (Å²) in [7, 11) is 1.35. The maximum atomic E-state index is 13.6. The minimum atomic E-state index is -0.948. The van der Waals surface area contributed by atoms with Crippen LogP contribution in [0.5, 0.6) is 0 Å². The number of ketones is 1. The summed E-state index contributed by atoms with van der Waals surface area (Å²) in [6, 6.07) is 1.88. The molecule has 0 aliphatic rings. The quantitative estimate of drug-likeness (QED) is 0.118. The molecule has 0 heterocycles. The number of halogens is 3. The standard InChI is InChI=1S/C14H13Cl2FN2O4/c1-3-23-14(22)9(6-18-19(2)7-20)13(21)8-4-12(17)11(16)5-10(8)15/h4-7,18H,3H2,1-2H3. The molecule has 23 heavy (non-hydrogen) atoms. The van der Waals surface area contributed by atoms with Crippen molar-refractivity contribution in [2.24, 2.45) is 0 Å². The first-order chi connectivity index (χ1) is 10.8. The summed E-state index contributed by atoms with van der Waals surface area (Å²) < 4.78 is 18.3. The van der Waals surface area contributed by atoms with Gasteiger partial charge in [-0.15, -0.1) is 0 Å². The van der Waals surface area contributed by atoms with E-state index in [-0.39, 0.29) is 22.2 Å². The van der Waals surface area contributed by atoms with E-state index >= 15 is 0 Å². The van der Waals surface area contributed by atoms with Gasteiger partial charge in [-0.3, -0.25) is 14.6 Å². The van der Waals surface area contributed by atoms with Crippen molar-refractivity contribution in [1.29, 1.82) is 0 Å². The summed E-state index contributed by atoms with van der Waals surface area (Å²) in [5, 5.41) is 0.573. The molecule has 1 N–H and O–H groups in total. The van der Waals surface area contributed by atoms with E-state index in [1.807, 2.05) is 0 Å². The first-order valence-electron chi connectivity index (χ1n) is 6.32. The normalized spacial score (nSPS) is 10.9. The Kier molecular flexibility index (Phi) is 6.99. The summed E-state index contributed by atoms with van der Waals surface area (Å²) in [6.45, 7) is 1.58. The van der Waals surface area contributed by atoms with Gasteiger partial charge in [-0.05, 0) is 19.1 Å². The molecule has 1 amide bonds. The van der Waals surface area contributed by atoms with Crippen molar-refractivity contribution >= 4 is 41.4 Å². The molecular weight excluding hydrogens is 350 g/mol. The van der Waals surface area contributed by atoms with Crippen molar-refractivity contribution < 1.29 is 23.5 Å². The highest BCUT2D eigenvalue weighted by Gasteiger charge is 2.24. The number of Topliss-reactive ketones (excluding diaryl/α,β-unsaturated/α-hetero) is 1. The second kappa shape index (κ2) is 8.50. The van der Waals surface area contributed by atoms with Crippen molar-refractivity contribution in [3.63, 3.8) is 0 Å². The van der Waals surface area contributed by atoms with Crippen LogP contribution < -0.4 is 5.43 Å². The van der Waals surface area contributed by atoms with E-state index in [4.69, 9.17) is 27.9 Å². The van der Waals surface area contributed by atoms with E-state index < -0.39 is 23.1 Å². The van der Waals surface area contributed by atoms with Gasteiger partial charge in [-0.1, -0.05) is 23.2 Å². The van der Waals surface area contributed by atoms with Crippen LogP contribution in [0, 0.1) is 5.82 Å². The van der Waals surface area contributed by atoms with Gasteiger partial charge >= 0.3 is 5.97 Å². The number of hydrogen-bond acceptors (Lipinski definition) is 5. The zero-order valence-electron chi connectivity index (χ0n) is 12.2. The van der Waals surface area contributed by atoms with E-state index in [1.54, 1.807) is 6.92 Å². The Morgan fingerprint density at radius 2 is 2.00 bits per heavy atom. The van der Waals surface area contributed by atoms with E-state index in [0.29, 0.717) is 6.41 Å². The van der Waals surface area contributed by atoms with Crippen LogP contribution in [0.25, 0.3) is 0 Å². The minimum Gasteiger partial charge on any atom is -0.462 e. The van der Waals surface area contributed by atoms with Crippen molar-refractivity contribution in [2.75, 3.05) is 13.7 Å². The fourth-order valence-corrected chi connectivity index (χ4v) is 1.93. The van der Waals surface area contributed by atoms with Crippen molar-refractivity contribution in [2.45, 2.75) is 6.92 Å². The highest BCUT2D eigenvalue weighted by Crippen LogP contribution is 2.26. The lowest BCUT2D eigenvalue weighted by atomic mass is 10.0. The van der Waals surface area contributed by atoms with Crippen LogP contribution in [-0.4, -0.2) is 36.8 Å². The lowest BCUT2D eigenvalue weighted by Crippen LogP contribution is -2.30. The Bertz CT molecular complexity index is 664. The number of nitrogens with zero attached hydrogens (tertiary/aromatic N) is 1. The number of amides is 1. The fraction of sp³-hybridized carbons (Fsp3) is 0.214. The molecule has 124 valence electrons. The van der Waals surface area contributed by atoms with Crippen LogP contribution >= 0.6 is 23.2 Å². The van der Waals surface area contributed by atoms with Gasteiger partial charge in [0, 0.05) is 18.8 Å². The molecule has 0 fully saturated rings. The minimum absolute atomic E-state index is 0.0235. The fourth-order valence-electron chi connectivity index (χ4n) is 1.46. The van der Waals surface area contributed by atoms with Gasteiger partial charge in [0.2, 0.25) is 12.2 Å². The average Bonchev–Trinajstić information content (AvgIpc) is 2.50. The number of nitrogens with one attached hydrogen (secondary N) is 1. The lowest BCUT2D eigenvalue weighted by molar-refractivity contribution is -0.138.